The van der Waals surface area contributed by atoms with Gasteiger partial charge in [0, 0.05) is 31.7 Å². The molecule has 1 saturated heterocycles. The summed E-state index contributed by atoms with van der Waals surface area (Å²) >= 11 is 0. The average Bonchev–Trinajstić information content (AvgIpc) is 3.18. The van der Waals surface area contributed by atoms with Crippen molar-refractivity contribution in [1.82, 2.24) is 19.2 Å². The summed E-state index contributed by atoms with van der Waals surface area (Å²) in [6, 6.07) is 3.98. The first kappa shape index (κ1) is 16.8. The number of aromatic nitrogens is 2. The van der Waals surface area contributed by atoms with Gasteiger partial charge in [0.25, 0.3) is 0 Å². The van der Waals surface area contributed by atoms with E-state index in [1.165, 1.54) is 6.26 Å². The van der Waals surface area contributed by atoms with Crippen LogP contribution < -0.4 is 0 Å². The number of rotatable bonds is 3. The Bertz CT molecular complexity index is 862. The topological polar surface area (TPSA) is 82.4 Å². The van der Waals surface area contributed by atoms with Crippen molar-refractivity contribution in [2.24, 2.45) is 0 Å². The second-order valence-corrected chi connectivity index (χ2v) is 9.04. The molecule has 1 spiro atoms. The van der Waals surface area contributed by atoms with Crippen molar-refractivity contribution in [3.8, 4) is 0 Å². The van der Waals surface area contributed by atoms with Crippen LogP contribution in [0.2, 0.25) is 0 Å². The summed E-state index contributed by atoms with van der Waals surface area (Å²) in [6.45, 7) is 4.86. The van der Waals surface area contributed by atoms with Gasteiger partial charge in [-0.15, -0.1) is 0 Å². The summed E-state index contributed by atoms with van der Waals surface area (Å²) in [7, 11) is -3.29. The molecule has 7 nitrogen and oxygen atoms in total. The van der Waals surface area contributed by atoms with Crippen LogP contribution in [0.3, 0.4) is 0 Å². The first-order valence-corrected chi connectivity index (χ1v) is 10.5. The summed E-state index contributed by atoms with van der Waals surface area (Å²) in [5, 5.41) is 0. The lowest BCUT2D eigenvalue weighted by Gasteiger charge is -2.49. The monoisotopic (exact) mass is 364 g/mol. The number of imidazole rings is 1. The lowest BCUT2D eigenvalue weighted by Crippen LogP contribution is -2.57. The SMILES string of the molecule is Cc1ccc(CN2CCC3(CC2)c2nc[nH]c2CCN3S(C)(=O)=O)o1. The molecule has 2 aliphatic heterocycles. The van der Waals surface area contributed by atoms with Crippen LogP contribution in [0.4, 0.5) is 0 Å². The van der Waals surface area contributed by atoms with Crippen molar-refractivity contribution in [2.45, 2.75) is 38.3 Å². The fourth-order valence-electron chi connectivity index (χ4n) is 4.30. The predicted octanol–water partition coefficient (Wildman–Crippen LogP) is 1.62. The molecule has 8 heteroatoms. The molecule has 0 atom stereocenters. The molecule has 136 valence electrons. The van der Waals surface area contributed by atoms with Gasteiger partial charge in [-0.3, -0.25) is 4.90 Å². The number of likely N-dealkylation sites (tertiary alicyclic amines) is 1. The minimum Gasteiger partial charge on any atom is -0.465 e. The van der Waals surface area contributed by atoms with Crippen LogP contribution in [-0.4, -0.2) is 53.5 Å². The fourth-order valence-corrected chi connectivity index (χ4v) is 5.63. The maximum Gasteiger partial charge on any atom is 0.212 e. The van der Waals surface area contributed by atoms with E-state index in [0.29, 0.717) is 13.0 Å². The van der Waals surface area contributed by atoms with Crippen molar-refractivity contribution < 1.29 is 12.8 Å². The molecule has 4 rings (SSSR count). The lowest BCUT2D eigenvalue weighted by atomic mass is 9.80. The van der Waals surface area contributed by atoms with E-state index in [0.717, 1.165) is 55.4 Å². The summed E-state index contributed by atoms with van der Waals surface area (Å²) < 4.78 is 32.2. The smallest absolute Gasteiger partial charge is 0.212 e. The van der Waals surface area contributed by atoms with E-state index in [1.54, 1.807) is 10.6 Å². The standard InChI is InChI=1S/C17H24N4O3S/c1-13-3-4-14(24-13)11-20-9-6-17(7-10-20)16-15(18-12-19-16)5-8-21(17)25(2,22)23/h3-4,12H,5-11H2,1-2H3,(H,18,19). The highest BCUT2D eigenvalue weighted by atomic mass is 32.2. The number of aryl methyl sites for hydroxylation is 1. The van der Waals surface area contributed by atoms with Gasteiger partial charge in [0.15, 0.2) is 0 Å². The molecule has 2 aromatic rings. The van der Waals surface area contributed by atoms with Gasteiger partial charge in [-0.2, -0.15) is 4.31 Å². The molecule has 0 radical (unpaired) electrons. The van der Waals surface area contributed by atoms with Crippen LogP contribution in [0.25, 0.3) is 0 Å². The summed E-state index contributed by atoms with van der Waals surface area (Å²) in [5.74, 6) is 1.87. The zero-order valence-corrected chi connectivity index (χ0v) is 15.5. The number of hydrogen-bond acceptors (Lipinski definition) is 5. The van der Waals surface area contributed by atoms with Crippen LogP contribution >= 0.6 is 0 Å². The van der Waals surface area contributed by atoms with Crippen molar-refractivity contribution in [3.05, 3.63) is 41.4 Å². The van der Waals surface area contributed by atoms with Gasteiger partial charge in [0.05, 0.1) is 30.4 Å². The number of nitrogens with one attached hydrogen (secondary N) is 1. The van der Waals surface area contributed by atoms with E-state index in [9.17, 15) is 8.42 Å². The Hall–Kier alpha value is -1.64. The molecule has 0 bridgehead atoms. The molecule has 0 aromatic carbocycles. The molecule has 0 aliphatic carbocycles. The van der Waals surface area contributed by atoms with Gasteiger partial charge in [-0.05, 0) is 31.9 Å². The number of fused-ring (bicyclic) bond motifs is 2. The molecule has 0 saturated carbocycles. The van der Waals surface area contributed by atoms with Crippen molar-refractivity contribution in [1.29, 1.82) is 0 Å². The number of H-pyrrole nitrogens is 1. The van der Waals surface area contributed by atoms with Gasteiger partial charge in [0.1, 0.15) is 11.5 Å². The zero-order valence-electron chi connectivity index (χ0n) is 14.7. The van der Waals surface area contributed by atoms with Crippen LogP contribution in [0.15, 0.2) is 22.9 Å². The number of piperidine rings is 1. The van der Waals surface area contributed by atoms with Crippen molar-refractivity contribution in [2.75, 3.05) is 25.9 Å². The minimum absolute atomic E-state index is 0.517. The van der Waals surface area contributed by atoms with E-state index < -0.39 is 15.6 Å². The van der Waals surface area contributed by atoms with Gasteiger partial charge >= 0.3 is 0 Å². The quantitative estimate of drug-likeness (QED) is 0.895. The van der Waals surface area contributed by atoms with Crippen molar-refractivity contribution >= 4 is 10.0 Å². The molecular weight excluding hydrogens is 340 g/mol. The van der Waals surface area contributed by atoms with Gasteiger partial charge in [0.2, 0.25) is 10.0 Å². The molecule has 2 aromatic heterocycles. The lowest BCUT2D eigenvalue weighted by molar-refractivity contribution is 0.0574. The highest BCUT2D eigenvalue weighted by molar-refractivity contribution is 7.88. The molecule has 25 heavy (non-hydrogen) atoms. The van der Waals surface area contributed by atoms with Gasteiger partial charge < -0.3 is 9.40 Å². The Morgan fingerprint density at radius 3 is 2.68 bits per heavy atom. The molecular formula is C17H24N4O3S. The highest BCUT2D eigenvalue weighted by Gasteiger charge is 2.50. The number of aromatic amines is 1. The Morgan fingerprint density at radius 1 is 1.28 bits per heavy atom. The molecule has 2 aliphatic rings. The van der Waals surface area contributed by atoms with E-state index in [4.69, 9.17) is 4.42 Å². The predicted molar refractivity (Wildman–Crippen MR) is 93.5 cm³/mol. The Morgan fingerprint density at radius 2 is 2.04 bits per heavy atom. The Kier molecular flexibility index (Phi) is 4.01. The first-order valence-electron chi connectivity index (χ1n) is 8.67. The van der Waals surface area contributed by atoms with E-state index in [2.05, 4.69) is 14.9 Å². The van der Waals surface area contributed by atoms with Gasteiger partial charge in [-0.25, -0.2) is 13.4 Å². The molecule has 0 amide bonds. The Balaban J connectivity index is 1.58. The average molecular weight is 364 g/mol. The molecule has 0 unspecified atom stereocenters. The second kappa shape index (κ2) is 5.96. The third-order valence-corrected chi connectivity index (χ3v) is 6.79. The third-order valence-electron chi connectivity index (χ3n) is 5.46. The van der Waals surface area contributed by atoms with Crippen LogP contribution in [0, 0.1) is 6.92 Å². The van der Waals surface area contributed by atoms with Crippen LogP contribution in [-0.2, 0) is 28.5 Å². The molecule has 1 fully saturated rings. The second-order valence-electron chi connectivity index (χ2n) is 7.13. The fraction of sp³-hybridized carbons (Fsp3) is 0.588. The summed E-state index contributed by atoms with van der Waals surface area (Å²) in [5.41, 5.74) is 1.48. The molecule has 4 heterocycles. The zero-order chi connectivity index (χ0) is 17.7. The Labute approximate surface area is 148 Å². The highest BCUT2D eigenvalue weighted by Crippen LogP contribution is 2.43. The number of hydrogen-bond donors (Lipinski definition) is 1. The van der Waals surface area contributed by atoms with E-state index in [-0.39, 0.29) is 0 Å². The maximum absolute atomic E-state index is 12.4. The van der Waals surface area contributed by atoms with Gasteiger partial charge in [-0.1, -0.05) is 0 Å². The normalized spacial score (nSPS) is 21.5. The number of sulfonamides is 1. The number of nitrogens with zero attached hydrogens (tertiary/aromatic N) is 3. The summed E-state index contributed by atoms with van der Waals surface area (Å²) in [4.78, 5) is 10.0. The van der Waals surface area contributed by atoms with Crippen molar-refractivity contribution in [3.63, 3.8) is 0 Å². The third kappa shape index (κ3) is 2.92. The molecule has 1 N–H and O–H groups in total. The van der Waals surface area contributed by atoms with Crippen LogP contribution in [0.5, 0.6) is 0 Å². The first-order chi connectivity index (χ1) is 11.9. The van der Waals surface area contributed by atoms with E-state index in [1.807, 2.05) is 19.1 Å². The number of furan rings is 1. The van der Waals surface area contributed by atoms with Crippen LogP contribution in [0.1, 0.15) is 35.7 Å². The largest absolute Gasteiger partial charge is 0.465 e. The maximum atomic E-state index is 12.4. The summed E-state index contributed by atoms with van der Waals surface area (Å²) in [6.07, 6.45) is 5.19. The van der Waals surface area contributed by atoms with E-state index >= 15 is 0 Å². The minimum atomic E-state index is -3.29.